The molecule has 1 unspecified atom stereocenters. The van der Waals surface area contributed by atoms with Crippen molar-refractivity contribution in [3.8, 4) is 11.5 Å². The maximum absolute atomic E-state index is 12.9. The van der Waals surface area contributed by atoms with Crippen LogP contribution in [0, 0.1) is 5.92 Å². The van der Waals surface area contributed by atoms with Crippen LogP contribution < -0.4 is 9.47 Å². The first-order valence-electron chi connectivity index (χ1n) is 10.4. The normalized spacial score (nSPS) is 31.9. The summed E-state index contributed by atoms with van der Waals surface area (Å²) in [7, 11) is 2.20. The van der Waals surface area contributed by atoms with Crippen LogP contribution in [0.4, 0.5) is 0 Å². The van der Waals surface area contributed by atoms with Gasteiger partial charge in [-0.15, -0.1) is 11.3 Å². The zero-order chi connectivity index (χ0) is 19.8. The first-order chi connectivity index (χ1) is 14.1. The minimum absolute atomic E-state index is 0.199. The van der Waals surface area contributed by atoms with Crippen molar-refractivity contribution >= 4 is 23.1 Å². The van der Waals surface area contributed by atoms with Crippen LogP contribution in [-0.4, -0.2) is 42.4 Å². The van der Waals surface area contributed by atoms with Crippen molar-refractivity contribution in [2.24, 2.45) is 5.92 Å². The summed E-state index contributed by atoms with van der Waals surface area (Å²) in [6.45, 7) is 0.968. The molecule has 6 rings (SSSR count). The Kier molecular flexibility index (Phi) is 3.75. The van der Waals surface area contributed by atoms with Gasteiger partial charge < -0.3 is 14.4 Å². The molecule has 5 nitrogen and oxygen atoms in total. The number of nitrogens with zero attached hydrogens (tertiary/aromatic N) is 1. The van der Waals surface area contributed by atoms with Crippen molar-refractivity contribution in [1.29, 1.82) is 0 Å². The third kappa shape index (κ3) is 2.36. The van der Waals surface area contributed by atoms with Gasteiger partial charge in [-0.05, 0) is 61.8 Å². The standard InChI is InChI=1S/C23H23NO4S/c1-24-9-8-23-15-5-6-17(25)22(23)28-21-18(7-4-13(20(21)23)11-16(15)24)27-19(26)12-14-3-2-10-29-14/h2-4,7,10,15-16,22H,5-6,8-9,11-12H2,1H3/t15?,16-,22+,23+/m1/s1. The molecule has 2 aliphatic carbocycles. The van der Waals surface area contributed by atoms with Gasteiger partial charge in [0, 0.05) is 28.3 Å². The Bertz CT molecular complexity index is 1020. The lowest BCUT2D eigenvalue weighted by Gasteiger charge is -2.57. The second-order valence-corrected chi connectivity index (χ2v) is 9.84. The molecular formula is C23H23NO4S. The molecule has 1 aromatic heterocycles. The molecular weight excluding hydrogens is 386 g/mol. The Morgan fingerprint density at radius 2 is 2.28 bits per heavy atom. The molecule has 3 heterocycles. The van der Waals surface area contributed by atoms with Crippen molar-refractivity contribution in [2.75, 3.05) is 13.6 Å². The number of hydrogen-bond donors (Lipinski definition) is 0. The fraction of sp³-hybridized carbons (Fsp3) is 0.478. The van der Waals surface area contributed by atoms with Gasteiger partial charge in [0.2, 0.25) is 0 Å². The number of thiophene rings is 1. The number of piperidine rings is 1. The van der Waals surface area contributed by atoms with Crippen LogP contribution in [0.15, 0.2) is 29.6 Å². The van der Waals surface area contributed by atoms with E-state index in [0.717, 1.165) is 36.2 Å². The van der Waals surface area contributed by atoms with Crippen LogP contribution in [0.2, 0.25) is 0 Å². The van der Waals surface area contributed by atoms with Gasteiger partial charge in [-0.2, -0.15) is 0 Å². The summed E-state index contributed by atoms with van der Waals surface area (Å²) in [5, 5.41) is 1.95. The number of hydrogen-bond acceptors (Lipinski definition) is 6. The molecule has 2 bridgehead atoms. The summed E-state index contributed by atoms with van der Waals surface area (Å²) >= 11 is 1.55. The summed E-state index contributed by atoms with van der Waals surface area (Å²) < 4.78 is 12.1. The SMILES string of the molecule is CN1CC[C@]23c4c5ccc(OC(=O)Cc6cccs6)c4O[C@H]2C(=O)CCC3[C@H]1C5. The minimum atomic E-state index is -0.427. The van der Waals surface area contributed by atoms with Crippen molar-refractivity contribution in [3.05, 3.63) is 45.6 Å². The van der Waals surface area contributed by atoms with Crippen molar-refractivity contribution < 1.29 is 19.1 Å². The van der Waals surface area contributed by atoms with E-state index in [1.165, 1.54) is 5.56 Å². The number of ketones is 1. The van der Waals surface area contributed by atoms with E-state index in [2.05, 4.69) is 18.0 Å². The molecule has 150 valence electrons. The molecule has 6 heteroatoms. The van der Waals surface area contributed by atoms with Gasteiger partial charge in [0.15, 0.2) is 23.4 Å². The Labute approximate surface area is 173 Å². The number of esters is 1. The zero-order valence-electron chi connectivity index (χ0n) is 16.3. The Morgan fingerprint density at radius 1 is 1.38 bits per heavy atom. The molecule has 4 aliphatic rings. The van der Waals surface area contributed by atoms with Crippen LogP contribution in [0.1, 0.15) is 35.3 Å². The second-order valence-electron chi connectivity index (χ2n) is 8.81. The molecule has 2 aliphatic heterocycles. The van der Waals surface area contributed by atoms with E-state index in [9.17, 15) is 9.59 Å². The first kappa shape index (κ1) is 17.7. The highest BCUT2D eigenvalue weighted by Crippen LogP contribution is 2.63. The topological polar surface area (TPSA) is 55.8 Å². The van der Waals surface area contributed by atoms with Crippen LogP contribution >= 0.6 is 11.3 Å². The molecule has 0 N–H and O–H groups in total. The third-order valence-electron chi connectivity index (χ3n) is 7.49. The largest absolute Gasteiger partial charge is 0.477 e. The van der Waals surface area contributed by atoms with Gasteiger partial charge in [-0.25, -0.2) is 0 Å². The number of rotatable bonds is 3. The van der Waals surface area contributed by atoms with Gasteiger partial charge in [-0.3, -0.25) is 9.59 Å². The average molecular weight is 410 g/mol. The molecule has 0 radical (unpaired) electrons. The van der Waals surface area contributed by atoms with Crippen molar-refractivity contribution in [3.63, 3.8) is 0 Å². The minimum Gasteiger partial charge on any atom is -0.477 e. The fourth-order valence-electron chi connectivity index (χ4n) is 6.30. The highest BCUT2D eigenvalue weighted by Gasteiger charge is 2.65. The lowest BCUT2D eigenvalue weighted by Crippen LogP contribution is -2.65. The Morgan fingerprint density at radius 3 is 3.10 bits per heavy atom. The molecule has 1 saturated heterocycles. The smallest absolute Gasteiger partial charge is 0.316 e. The highest BCUT2D eigenvalue weighted by atomic mass is 32.1. The van der Waals surface area contributed by atoms with E-state index in [-0.39, 0.29) is 23.6 Å². The highest BCUT2D eigenvalue weighted by molar-refractivity contribution is 7.10. The van der Waals surface area contributed by atoms with Gasteiger partial charge in [0.05, 0.1) is 6.42 Å². The fourth-order valence-corrected chi connectivity index (χ4v) is 6.99. The van der Waals surface area contributed by atoms with Crippen LogP contribution in [0.3, 0.4) is 0 Å². The number of Topliss-reactive ketones (excluding diaryl/α,β-unsaturated/α-hetero) is 1. The number of likely N-dealkylation sites (N-methyl/N-ethyl adjacent to an activating group) is 1. The van der Waals surface area contributed by atoms with E-state index >= 15 is 0 Å². The van der Waals surface area contributed by atoms with E-state index in [0.29, 0.717) is 29.9 Å². The Hall–Kier alpha value is -2.18. The zero-order valence-corrected chi connectivity index (χ0v) is 17.2. The number of benzene rings is 1. The van der Waals surface area contributed by atoms with Crippen molar-refractivity contribution in [1.82, 2.24) is 4.90 Å². The summed E-state index contributed by atoms with van der Waals surface area (Å²) in [6.07, 6.45) is 3.22. The molecule has 1 spiro atoms. The van der Waals surface area contributed by atoms with Crippen LogP contribution in [0.5, 0.6) is 11.5 Å². The molecule has 2 aromatic rings. The van der Waals surface area contributed by atoms with Crippen molar-refractivity contribution in [2.45, 2.75) is 49.7 Å². The van der Waals surface area contributed by atoms with E-state index in [1.807, 2.05) is 23.6 Å². The molecule has 1 aromatic carbocycles. The maximum Gasteiger partial charge on any atom is 0.316 e. The lowest BCUT2D eigenvalue weighted by molar-refractivity contribution is -0.138. The van der Waals surface area contributed by atoms with Gasteiger partial charge >= 0.3 is 5.97 Å². The van der Waals surface area contributed by atoms with Crippen LogP contribution in [0.25, 0.3) is 0 Å². The molecule has 4 atom stereocenters. The number of ether oxygens (including phenoxy) is 2. The van der Waals surface area contributed by atoms with E-state index in [1.54, 1.807) is 11.3 Å². The van der Waals surface area contributed by atoms with Gasteiger partial charge in [-0.1, -0.05) is 12.1 Å². The van der Waals surface area contributed by atoms with E-state index < -0.39 is 6.10 Å². The van der Waals surface area contributed by atoms with Gasteiger partial charge in [0.1, 0.15) is 0 Å². The molecule has 29 heavy (non-hydrogen) atoms. The molecule has 2 fully saturated rings. The van der Waals surface area contributed by atoms with Gasteiger partial charge in [0.25, 0.3) is 0 Å². The predicted molar refractivity (Wildman–Crippen MR) is 109 cm³/mol. The summed E-state index contributed by atoms with van der Waals surface area (Å²) in [5.74, 6) is 1.45. The molecule has 1 saturated carbocycles. The number of carbonyl (C=O) groups is 2. The summed E-state index contributed by atoms with van der Waals surface area (Å²) in [6, 6.07) is 8.26. The Balaban J connectivity index is 1.42. The monoisotopic (exact) mass is 409 g/mol. The predicted octanol–water partition coefficient (Wildman–Crippen LogP) is 3.13. The lowest BCUT2D eigenvalue weighted by atomic mass is 9.52. The van der Waals surface area contributed by atoms with Crippen LogP contribution in [-0.2, 0) is 27.8 Å². The quantitative estimate of drug-likeness (QED) is 0.576. The number of carbonyl (C=O) groups excluding carboxylic acids is 2. The number of likely N-dealkylation sites (tertiary alicyclic amines) is 1. The maximum atomic E-state index is 12.9. The van der Waals surface area contributed by atoms with E-state index in [4.69, 9.17) is 9.47 Å². The summed E-state index contributed by atoms with van der Waals surface area (Å²) in [5.41, 5.74) is 2.17. The average Bonchev–Trinajstić information content (AvgIpc) is 3.33. The third-order valence-corrected chi connectivity index (χ3v) is 8.37. The summed E-state index contributed by atoms with van der Waals surface area (Å²) in [4.78, 5) is 28.9. The first-order valence-corrected chi connectivity index (χ1v) is 11.2. The molecule has 0 amide bonds. The second kappa shape index (κ2) is 6.16.